The first-order chi connectivity index (χ1) is 17.4. The van der Waals surface area contributed by atoms with Gasteiger partial charge in [-0.15, -0.1) is 0 Å². The largest absolute Gasteiger partial charge is 0.497 e. The number of carbonyl (C=O) groups is 2. The van der Waals surface area contributed by atoms with Gasteiger partial charge < -0.3 is 20.5 Å². The molecule has 0 spiro atoms. The van der Waals surface area contributed by atoms with Crippen LogP contribution in [0.15, 0.2) is 84.9 Å². The van der Waals surface area contributed by atoms with Crippen LogP contribution in [0.4, 0.5) is 10.5 Å². The Labute approximate surface area is 208 Å². The van der Waals surface area contributed by atoms with Gasteiger partial charge in [0.1, 0.15) is 11.8 Å². The lowest BCUT2D eigenvalue weighted by molar-refractivity contribution is -0.118. The van der Waals surface area contributed by atoms with Crippen LogP contribution < -0.4 is 15.4 Å². The maximum Gasteiger partial charge on any atom is 0.475 e. The van der Waals surface area contributed by atoms with E-state index in [1.165, 1.54) is 7.11 Å². The Kier molecular flexibility index (Phi) is 10.0. The van der Waals surface area contributed by atoms with Crippen LogP contribution in [-0.2, 0) is 36.1 Å². The van der Waals surface area contributed by atoms with Crippen molar-refractivity contribution in [2.24, 2.45) is 0 Å². The van der Waals surface area contributed by atoms with Crippen LogP contribution >= 0.6 is 7.82 Å². The van der Waals surface area contributed by atoms with E-state index in [1.807, 2.05) is 12.1 Å². The third-order valence-corrected chi connectivity index (χ3v) is 6.19. The van der Waals surface area contributed by atoms with Crippen molar-refractivity contribution in [1.29, 1.82) is 0 Å². The fraction of sp³-hybridized carbons (Fsp3) is 0.200. The number of amides is 2. The van der Waals surface area contributed by atoms with E-state index in [2.05, 4.69) is 10.6 Å². The van der Waals surface area contributed by atoms with Gasteiger partial charge in [-0.05, 0) is 35.4 Å². The van der Waals surface area contributed by atoms with Crippen LogP contribution in [0.25, 0.3) is 0 Å². The molecule has 0 bridgehead atoms. The van der Waals surface area contributed by atoms with Crippen molar-refractivity contribution in [3.63, 3.8) is 0 Å². The zero-order valence-electron chi connectivity index (χ0n) is 19.5. The topological polar surface area (TPSA) is 132 Å². The van der Waals surface area contributed by atoms with E-state index in [0.717, 1.165) is 11.1 Å². The molecule has 3 N–H and O–H groups in total. The molecule has 0 fully saturated rings. The van der Waals surface area contributed by atoms with Gasteiger partial charge in [0.15, 0.2) is 0 Å². The van der Waals surface area contributed by atoms with Crippen LogP contribution in [0.1, 0.15) is 11.1 Å². The summed E-state index contributed by atoms with van der Waals surface area (Å²) in [6.45, 7) is -0.765. The fourth-order valence-electron chi connectivity index (χ4n) is 2.97. The number of carboxylic acid groups (broad SMARTS) is 1. The van der Waals surface area contributed by atoms with E-state index < -0.39 is 32.5 Å². The summed E-state index contributed by atoms with van der Waals surface area (Å²) in [4.78, 5) is 24.1. The third kappa shape index (κ3) is 8.83. The second kappa shape index (κ2) is 13.4. The summed E-state index contributed by atoms with van der Waals surface area (Å²) in [5.74, 6) is -0.135. The van der Waals surface area contributed by atoms with E-state index in [4.69, 9.17) is 18.3 Å². The van der Waals surface area contributed by atoms with E-state index in [1.54, 1.807) is 72.8 Å². The predicted molar refractivity (Wildman–Crippen MR) is 133 cm³/mol. The SMILES string of the molecule is COc1ccc(NC(=O)C(COP(=O)(OCc2ccccc2)OCc2ccccc2)NC(=O)O)cc1. The molecule has 0 aromatic heterocycles. The maximum atomic E-state index is 13.4. The molecule has 0 saturated carbocycles. The summed E-state index contributed by atoms with van der Waals surface area (Å²) in [5, 5.41) is 13.9. The molecule has 190 valence electrons. The van der Waals surface area contributed by atoms with E-state index in [-0.39, 0.29) is 13.2 Å². The number of hydrogen-bond acceptors (Lipinski definition) is 7. The summed E-state index contributed by atoms with van der Waals surface area (Å²) in [6.07, 6.45) is -1.46. The highest BCUT2D eigenvalue weighted by Gasteiger charge is 2.31. The van der Waals surface area contributed by atoms with Gasteiger partial charge in [0.05, 0.1) is 26.9 Å². The Bertz CT molecular complexity index is 1110. The van der Waals surface area contributed by atoms with Gasteiger partial charge in [-0.3, -0.25) is 18.4 Å². The number of methoxy groups -OCH3 is 1. The van der Waals surface area contributed by atoms with Crippen molar-refractivity contribution in [1.82, 2.24) is 5.32 Å². The van der Waals surface area contributed by atoms with E-state index >= 15 is 0 Å². The lowest BCUT2D eigenvalue weighted by Gasteiger charge is -2.22. The number of hydrogen-bond donors (Lipinski definition) is 3. The van der Waals surface area contributed by atoms with Crippen LogP contribution in [0.2, 0.25) is 0 Å². The predicted octanol–water partition coefficient (Wildman–Crippen LogP) is 4.83. The normalized spacial score (nSPS) is 11.9. The first-order valence-corrected chi connectivity index (χ1v) is 12.4. The minimum absolute atomic E-state index is 0.0814. The molecule has 3 aromatic rings. The molecule has 0 aliphatic rings. The van der Waals surface area contributed by atoms with Gasteiger partial charge in [0.2, 0.25) is 5.91 Å². The molecule has 1 unspecified atom stereocenters. The van der Waals surface area contributed by atoms with Crippen molar-refractivity contribution in [2.45, 2.75) is 19.3 Å². The minimum atomic E-state index is -4.21. The Morgan fingerprint density at radius 2 is 1.36 bits per heavy atom. The number of ether oxygens (including phenoxy) is 1. The van der Waals surface area contributed by atoms with E-state index in [9.17, 15) is 19.3 Å². The highest BCUT2D eigenvalue weighted by molar-refractivity contribution is 7.48. The number of phosphoric ester groups is 1. The molecule has 0 saturated heterocycles. The number of anilines is 1. The number of rotatable bonds is 13. The number of nitrogens with one attached hydrogen (secondary N) is 2. The summed E-state index contributed by atoms with van der Waals surface area (Å²) in [7, 11) is -2.70. The molecule has 11 heteroatoms. The monoisotopic (exact) mass is 514 g/mol. The standard InChI is InChI=1S/C25H27N2O8P/c1-32-22-14-12-21(13-15-22)26-24(28)23(27-25(29)30)18-35-36(31,33-16-19-8-4-2-5-9-19)34-17-20-10-6-3-7-11-20/h2-15,23,27H,16-18H2,1H3,(H,26,28)(H,29,30). The second-order valence-corrected chi connectivity index (χ2v) is 9.15. The zero-order valence-corrected chi connectivity index (χ0v) is 20.4. The Balaban J connectivity index is 1.70. The molecule has 0 heterocycles. The summed E-state index contributed by atoms with van der Waals surface area (Å²) in [5.41, 5.74) is 1.85. The molecule has 10 nitrogen and oxygen atoms in total. The quantitative estimate of drug-likeness (QED) is 0.277. The summed E-state index contributed by atoms with van der Waals surface area (Å²) in [6, 6.07) is 23.0. The molecule has 0 radical (unpaired) electrons. The van der Waals surface area contributed by atoms with Crippen molar-refractivity contribution < 1.29 is 37.6 Å². The maximum absolute atomic E-state index is 13.4. The molecule has 0 aliphatic heterocycles. The molecule has 1 atom stereocenters. The molecular formula is C25H27N2O8P. The molecule has 3 rings (SSSR count). The van der Waals surface area contributed by atoms with Gasteiger partial charge in [0, 0.05) is 5.69 Å². The van der Waals surface area contributed by atoms with Crippen molar-refractivity contribution in [2.75, 3.05) is 19.0 Å². The molecule has 0 aliphatic carbocycles. The van der Waals surface area contributed by atoms with Crippen LogP contribution in [0, 0.1) is 0 Å². The zero-order chi connectivity index (χ0) is 25.8. The minimum Gasteiger partial charge on any atom is -0.497 e. The first-order valence-electron chi connectivity index (χ1n) is 10.9. The first kappa shape index (κ1) is 26.9. The smallest absolute Gasteiger partial charge is 0.475 e. The molecule has 36 heavy (non-hydrogen) atoms. The number of phosphoric acid groups is 1. The lowest BCUT2D eigenvalue weighted by atomic mass is 10.2. The average Bonchev–Trinajstić information content (AvgIpc) is 2.90. The van der Waals surface area contributed by atoms with Crippen LogP contribution in [-0.4, -0.2) is 36.9 Å². The van der Waals surface area contributed by atoms with Gasteiger partial charge in [0.25, 0.3) is 0 Å². The van der Waals surface area contributed by atoms with Crippen molar-refractivity contribution in [3.05, 3.63) is 96.1 Å². The fourth-order valence-corrected chi connectivity index (χ4v) is 4.14. The Morgan fingerprint density at radius 3 is 1.83 bits per heavy atom. The lowest BCUT2D eigenvalue weighted by Crippen LogP contribution is -2.46. The Hall–Kier alpha value is -3.69. The van der Waals surface area contributed by atoms with Crippen molar-refractivity contribution in [3.8, 4) is 5.75 Å². The molecule has 2 amide bonds. The van der Waals surface area contributed by atoms with Crippen LogP contribution in [0.3, 0.4) is 0 Å². The van der Waals surface area contributed by atoms with Gasteiger partial charge in [-0.1, -0.05) is 60.7 Å². The number of benzene rings is 3. The van der Waals surface area contributed by atoms with Gasteiger partial charge >= 0.3 is 13.9 Å². The van der Waals surface area contributed by atoms with Gasteiger partial charge in [-0.25, -0.2) is 9.36 Å². The second-order valence-electron chi connectivity index (χ2n) is 7.48. The number of carbonyl (C=O) groups excluding carboxylic acids is 1. The third-order valence-electron chi connectivity index (χ3n) is 4.84. The summed E-state index contributed by atoms with van der Waals surface area (Å²) < 4.78 is 34.9. The van der Waals surface area contributed by atoms with Crippen LogP contribution in [0.5, 0.6) is 5.75 Å². The average molecular weight is 514 g/mol. The highest BCUT2D eigenvalue weighted by atomic mass is 31.2. The van der Waals surface area contributed by atoms with Crippen molar-refractivity contribution >= 4 is 25.5 Å². The Morgan fingerprint density at radius 1 is 0.833 bits per heavy atom. The molecule has 3 aromatic carbocycles. The van der Waals surface area contributed by atoms with E-state index in [0.29, 0.717) is 11.4 Å². The highest BCUT2D eigenvalue weighted by Crippen LogP contribution is 2.51. The van der Waals surface area contributed by atoms with Gasteiger partial charge in [-0.2, -0.15) is 0 Å². The molecular weight excluding hydrogens is 487 g/mol. The summed E-state index contributed by atoms with van der Waals surface area (Å²) >= 11 is 0.